The summed E-state index contributed by atoms with van der Waals surface area (Å²) in [5, 5.41) is 0. The van der Waals surface area contributed by atoms with Gasteiger partial charge in [0.25, 0.3) is 6.43 Å². The molecule has 1 rings (SSSR count). The average molecular weight is 176 g/mol. The van der Waals surface area contributed by atoms with E-state index in [0.29, 0.717) is 0 Å². The molecule has 1 heterocycles. The highest BCUT2D eigenvalue weighted by Gasteiger charge is 2.13. The monoisotopic (exact) mass is 176 g/mol. The molecule has 0 radical (unpaired) electrons. The van der Waals surface area contributed by atoms with Gasteiger partial charge in [-0.25, -0.2) is 18.2 Å². The lowest BCUT2D eigenvalue weighted by molar-refractivity contribution is 0.149. The van der Waals surface area contributed by atoms with Crippen LogP contribution in [0.15, 0.2) is 12.3 Å². The summed E-state index contributed by atoms with van der Waals surface area (Å²) in [5.41, 5.74) is 4.66. The number of nitrogens with zero attached hydrogens (tertiary/aromatic N) is 1. The van der Waals surface area contributed by atoms with Gasteiger partial charge in [-0.3, -0.25) is 0 Å². The van der Waals surface area contributed by atoms with Gasteiger partial charge in [-0.1, -0.05) is 0 Å². The van der Waals surface area contributed by atoms with Crippen LogP contribution in [0.3, 0.4) is 0 Å². The molecule has 0 aliphatic carbocycles. The van der Waals surface area contributed by atoms with E-state index in [1.807, 2.05) is 0 Å². The predicted octanol–water partition coefficient (Wildman–Crippen LogP) is 2.07. The molecule has 12 heavy (non-hydrogen) atoms. The Balaban J connectivity index is 3.12. The molecule has 0 aromatic carbocycles. The van der Waals surface area contributed by atoms with Crippen LogP contribution < -0.4 is 5.73 Å². The molecule has 0 saturated carbocycles. The van der Waals surface area contributed by atoms with E-state index in [9.17, 15) is 13.2 Å². The highest BCUT2D eigenvalue weighted by molar-refractivity contribution is 5.37. The van der Waals surface area contributed by atoms with Gasteiger partial charge in [0.2, 0.25) is 0 Å². The van der Waals surface area contributed by atoms with Crippen molar-refractivity contribution >= 4 is 5.82 Å². The summed E-state index contributed by atoms with van der Waals surface area (Å²) in [6.45, 7) is -0.951. The molecule has 0 saturated heterocycles. The Bertz CT molecular complexity index is 275. The fraction of sp³-hybridized carbons (Fsp3) is 0.286. The lowest BCUT2D eigenvalue weighted by Gasteiger charge is -2.04. The van der Waals surface area contributed by atoms with Gasteiger partial charge in [-0.15, -0.1) is 0 Å². The number of hydrogen-bond donors (Lipinski definition) is 1. The summed E-state index contributed by atoms with van der Waals surface area (Å²) in [6, 6.07) is 0.986. The van der Waals surface area contributed by atoms with Gasteiger partial charge in [-0.05, 0) is 6.07 Å². The normalized spacial score (nSPS) is 10.7. The summed E-state index contributed by atoms with van der Waals surface area (Å²) in [4.78, 5) is 3.50. The van der Waals surface area contributed by atoms with Crippen molar-refractivity contribution < 1.29 is 13.2 Å². The van der Waals surface area contributed by atoms with E-state index in [0.717, 1.165) is 12.3 Å². The second-order valence-corrected chi connectivity index (χ2v) is 2.24. The third kappa shape index (κ3) is 1.66. The van der Waals surface area contributed by atoms with Crippen LogP contribution in [-0.4, -0.2) is 4.98 Å². The molecule has 5 heteroatoms. The number of halogens is 3. The van der Waals surface area contributed by atoms with Gasteiger partial charge in [-0.2, -0.15) is 0 Å². The molecule has 2 N–H and O–H groups in total. The maximum absolute atomic E-state index is 12.1. The van der Waals surface area contributed by atoms with E-state index in [2.05, 4.69) is 4.98 Å². The Morgan fingerprint density at radius 3 is 2.67 bits per heavy atom. The maximum Gasteiger partial charge on any atom is 0.264 e. The van der Waals surface area contributed by atoms with Gasteiger partial charge in [0.05, 0.1) is 0 Å². The number of nitrogens with two attached hydrogens (primary N) is 1. The number of aromatic nitrogens is 1. The van der Waals surface area contributed by atoms with Crippen LogP contribution in [0.25, 0.3) is 0 Å². The first kappa shape index (κ1) is 8.83. The fourth-order valence-corrected chi connectivity index (χ4v) is 0.831. The van der Waals surface area contributed by atoms with Crippen molar-refractivity contribution in [2.45, 2.75) is 13.1 Å². The molecular weight excluding hydrogens is 169 g/mol. The van der Waals surface area contributed by atoms with E-state index in [4.69, 9.17) is 5.73 Å². The minimum atomic E-state index is -2.71. The molecule has 0 bridgehead atoms. The van der Waals surface area contributed by atoms with Crippen molar-refractivity contribution in [1.82, 2.24) is 4.98 Å². The lowest BCUT2D eigenvalue weighted by atomic mass is 10.1. The van der Waals surface area contributed by atoms with E-state index < -0.39 is 13.1 Å². The quantitative estimate of drug-likeness (QED) is 0.749. The molecule has 1 aromatic heterocycles. The van der Waals surface area contributed by atoms with Crippen molar-refractivity contribution in [3.8, 4) is 0 Å². The van der Waals surface area contributed by atoms with Crippen LogP contribution in [0.1, 0.15) is 17.6 Å². The van der Waals surface area contributed by atoms with E-state index >= 15 is 0 Å². The Morgan fingerprint density at radius 2 is 2.17 bits per heavy atom. The van der Waals surface area contributed by atoms with Crippen LogP contribution in [0.4, 0.5) is 19.0 Å². The van der Waals surface area contributed by atoms with Crippen molar-refractivity contribution in [1.29, 1.82) is 0 Å². The number of hydrogen-bond acceptors (Lipinski definition) is 2. The van der Waals surface area contributed by atoms with Crippen LogP contribution in [0.5, 0.6) is 0 Å². The molecule has 0 spiro atoms. The number of rotatable bonds is 2. The highest BCUT2D eigenvalue weighted by atomic mass is 19.3. The first-order valence-electron chi connectivity index (χ1n) is 3.23. The number of anilines is 1. The smallest absolute Gasteiger partial charge is 0.264 e. The summed E-state index contributed by atoms with van der Waals surface area (Å²) in [7, 11) is 0. The Hall–Kier alpha value is -1.26. The fourth-order valence-electron chi connectivity index (χ4n) is 0.831. The highest BCUT2D eigenvalue weighted by Crippen LogP contribution is 2.24. The molecular formula is C7H7F3N2. The third-order valence-corrected chi connectivity index (χ3v) is 1.42. The Labute approximate surface area is 67.2 Å². The maximum atomic E-state index is 12.1. The number of alkyl halides is 3. The molecule has 0 atom stereocenters. The van der Waals surface area contributed by atoms with Gasteiger partial charge < -0.3 is 5.73 Å². The predicted molar refractivity (Wildman–Crippen MR) is 38.4 cm³/mol. The largest absolute Gasteiger partial charge is 0.384 e. The SMILES string of the molecule is Nc1cc(C(F)F)c(CF)cn1. The zero-order chi connectivity index (χ0) is 9.14. The third-order valence-electron chi connectivity index (χ3n) is 1.42. The lowest BCUT2D eigenvalue weighted by Crippen LogP contribution is -1.98. The molecule has 1 aromatic rings. The van der Waals surface area contributed by atoms with E-state index in [-0.39, 0.29) is 16.9 Å². The van der Waals surface area contributed by atoms with Gasteiger partial charge >= 0.3 is 0 Å². The van der Waals surface area contributed by atoms with E-state index in [1.54, 1.807) is 0 Å². The summed E-state index contributed by atoms with van der Waals surface area (Å²) in [6.07, 6.45) is -1.68. The molecule has 66 valence electrons. The van der Waals surface area contributed by atoms with Crippen molar-refractivity contribution in [3.05, 3.63) is 23.4 Å². The molecule has 2 nitrogen and oxygen atoms in total. The van der Waals surface area contributed by atoms with Crippen molar-refractivity contribution in [2.75, 3.05) is 5.73 Å². The molecule has 0 fully saturated rings. The second kappa shape index (κ2) is 3.42. The second-order valence-electron chi connectivity index (χ2n) is 2.24. The molecule has 0 aliphatic rings. The summed E-state index contributed by atoms with van der Waals surface area (Å²) < 4.78 is 36.4. The number of pyridine rings is 1. The van der Waals surface area contributed by atoms with Crippen molar-refractivity contribution in [3.63, 3.8) is 0 Å². The first-order chi connectivity index (χ1) is 5.65. The zero-order valence-corrected chi connectivity index (χ0v) is 6.10. The standard InChI is InChI=1S/C7H7F3N2/c8-2-4-3-12-6(11)1-5(4)7(9)10/h1,3,7H,2H2,(H2,11,12). The van der Waals surface area contributed by atoms with Crippen LogP contribution in [0.2, 0.25) is 0 Å². The van der Waals surface area contributed by atoms with Gasteiger partial charge in [0.1, 0.15) is 12.5 Å². The minimum absolute atomic E-state index is 0.0255. The molecule has 0 aliphatic heterocycles. The van der Waals surface area contributed by atoms with E-state index in [1.165, 1.54) is 0 Å². The zero-order valence-electron chi connectivity index (χ0n) is 6.10. The molecule has 0 unspecified atom stereocenters. The van der Waals surface area contributed by atoms with Crippen molar-refractivity contribution in [2.24, 2.45) is 0 Å². The summed E-state index contributed by atoms with van der Waals surface area (Å²) >= 11 is 0. The topological polar surface area (TPSA) is 38.9 Å². The Morgan fingerprint density at radius 1 is 1.50 bits per heavy atom. The van der Waals surface area contributed by atoms with Crippen LogP contribution in [-0.2, 0) is 6.67 Å². The summed E-state index contributed by atoms with van der Waals surface area (Å²) in [5.74, 6) is -0.0255. The van der Waals surface area contributed by atoms with Gasteiger partial charge in [0, 0.05) is 17.3 Å². The van der Waals surface area contributed by atoms with Gasteiger partial charge in [0.15, 0.2) is 0 Å². The van der Waals surface area contributed by atoms with Crippen LogP contribution in [0, 0.1) is 0 Å². The number of nitrogen functional groups attached to an aromatic ring is 1. The first-order valence-corrected chi connectivity index (χ1v) is 3.23. The van der Waals surface area contributed by atoms with Crippen LogP contribution >= 0.6 is 0 Å². The minimum Gasteiger partial charge on any atom is -0.384 e. The molecule has 0 amide bonds. The Kier molecular flexibility index (Phi) is 2.52. The average Bonchev–Trinajstić information content (AvgIpc) is 2.04.